The van der Waals surface area contributed by atoms with Gasteiger partial charge in [0.25, 0.3) is 0 Å². The van der Waals surface area contributed by atoms with Crippen molar-refractivity contribution in [2.24, 2.45) is 0 Å². The maximum Gasteiger partial charge on any atom is 0.123 e. The molecule has 0 amide bonds. The molecule has 0 aliphatic rings. The van der Waals surface area contributed by atoms with Crippen LogP contribution in [0.4, 0.5) is 4.39 Å². The van der Waals surface area contributed by atoms with Gasteiger partial charge in [-0.25, -0.2) is 4.39 Å². The molecule has 0 heterocycles. The van der Waals surface area contributed by atoms with E-state index in [-0.39, 0.29) is 12.2 Å². The van der Waals surface area contributed by atoms with Crippen LogP contribution in [0.3, 0.4) is 0 Å². The Labute approximate surface area is 125 Å². The van der Waals surface area contributed by atoms with Gasteiger partial charge in [-0.2, -0.15) is 0 Å². The van der Waals surface area contributed by atoms with Gasteiger partial charge in [-0.05, 0) is 47.9 Å². The first-order chi connectivity index (χ1) is 8.97. The molecule has 1 atom stereocenters. The molecule has 2 aromatic rings. The number of hydrogen-bond donors (Lipinski definition) is 1. The van der Waals surface area contributed by atoms with Crippen LogP contribution < -0.4 is 0 Å². The number of halogens is 3. The third-order valence-electron chi connectivity index (χ3n) is 3.00. The molecule has 2 aromatic carbocycles. The smallest absolute Gasteiger partial charge is 0.123 e. The highest BCUT2D eigenvalue weighted by atomic mass is 79.9. The molecule has 0 bridgehead atoms. The van der Waals surface area contributed by atoms with Crippen molar-refractivity contribution in [2.75, 3.05) is 0 Å². The monoisotopic (exact) mass is 342 g/mol. The first-order valence-corrected chi connectivity index (χ1v) is 7.02. The summed E-state index contributed by atoms with van der Waals surface area (Å²) < 4.78 is 14.1. The van der Waals surface area contributed by atoms with Gasteiger partial charge in [0.05, 0.1) is 6.10 Å². The zero-order valence-electron chi connectivity index (χ0n) is 10.3. The van der Waals surface area contributed by atoms with E-state index in [1.807, 2.05) is 25.1 Å². The molecule has 100 valence electrons. The van der Waals surface area contributed by atoms with Crippen molar-refractivity contribution < 1.29 is 9.50 Å². The Bertz CT molecular complexity index is 601. The first-order valence-electron chi connectivity index (χ1n) is 5.85. The van der Waals surface area contributed by atoms with Crippen molar-refractivity contribution in [3.8, 4) is 0 Å². The van der Waals surface area contributed by atoms with Gasteiger partial charge in [-0.3, -0.25) is 0 Å². The Kier molecular flexibility index (Phi) is 4.61. The Morgan fingerprint density at radius 1 is 1.26 bits per heavy atom. The standard InChI is InChI=1S/C15H13BrClFO/c1-9-2-3-10(7-13(9)16)15(19)8-11-6-12(18)4-5-14(11)17/h2-7,15,19H,8H2,1H3. The summed E-state index contributed by atoms with van der Waals surface area (Å²) in [6.45, 7) is 1.98. The number of hydrogen-bond acceptors (Lipinski definition) is 1. The Hall–Kier alpha value is -0.900. The average Bonchev–Trinajstić information content (AvgIpc) is 2.37. The van der Waals surface area contributed by atoms with Crippen LogP contribution in [0.2, 0.25) is 5.02 Å². The fourth-order valence-corrected chi connectivity index (χ4v) is 2.43. The van der Waals surface area contributed by atoms with Crippen LogP contribution in [0, 0.1) is 12.7 Å². The molecule has 1 N–H and O–H groups in total. The quantitative estimate of drug-likeness (QED) is 0.846. The highest BCUT2D eigenvalue weighted by molar-refractivity contribution is 9.10. The zero-order chi connectivity index (χ0) is 14.0. The molecule has 0 spiro atoms. The summed E-state index contributed by atoms with van der Waals surface area (Å²) in [5.74, 6) is -0.350. The number of aliphatic hydroxyl groups is 1. The van der Waals surface area contributed by atoms with E-state index < -0.39 is 6.10 Å². The third kappa shape index (κ3) is 3.56. The molecule has 2 rings (SSSR count). The van der Waals surface area contributed by atoms with Crippen LogP contribution in [-0.2, 0) is 6.42 Å². The molecular formula is C15H13BrClFO. The van der Waals surface area contributed by atoms with Crippen molar-refractivity contribution in [1.29, 1.82) is 0 Å². The van der Waals surface area contributed by atoms with Crippen LogP contribution in [0.15, 0.2) is 40.9 Å². The minimum atomic E-state index is -0.712. The van der Waals surface area contributed by atoms with E-state index in [0.717, 1.165) is 15.6 Å². The van der Waals surface area contributed by atoms with E-state index in [1.165, 1.54) is 18.2 Å². The lowest BCUT2D eigenvalue weighted by Crippen LogP contribution is -2.03. The number of aliphatic hydroxyl groups excluding tert-OH is 1. The SMILES string of the molecule is Cc1ccc(C(O)Cc2cc(F)ccc2Cl)cc1Br. The summed E-state index contributed by atoms with van der Waals surface area (Å²) in [7, 11) is 0. The third-order valence-corrected chi connectivity index (χ3v) is 4.22. The second kappa shape index (κ2) is 6.04. The average molecular weight is 344 g/mol. The predicted molar refractivity (Wildman–Crippen MR) is 79.0 cm³/mol. The molecule has 19 heavy (non-hydrogen) atoms. The predicted octanol–water partition coefficient (Wildman–Crippen LogP) is 4.83. The van der Waals surface area contributed by atoms with Crippen LogP contribution in [-0.4, -0.2) is 5.11 Å². The topological polar surface area (TPSA) is 20.2 Å². The van der Waals surface area contributed by atoms with Gasteiger partial charge in [0, 0.05) is 15.9 Å². The molecule has 0 aliphatic heterocycles. The molecule has 0 radical (unpaired) electrons. The van der Waals surface area contributed by atoms with Gasteiger partial charge >= 0.3 is 0 Å². The van der Waals surface area contributed by atoms with Crippen molar-refractivity contribution in [3.63, 3.8) is 0 Å². The van der Waals surface area contributed by atoms with E-state index >= 15 is 0 Å². The summed E-state index contributed by atoms with van der Waals surface area (Å²) in [4.78, 5) is 0. The lowest BCUT2D eigenvalue weighted by atomic mass is 10.0. The fourth-order valence-electron chi connectivity index (χ4n) is 1.84. The van der Waals surface area contributed by atoms with E-state index in [2.05, 4.69) is 15.9 Å². The van der Waals surface area contributed by atoms with Gasteiger partial charge in [-0.1, -0.05) is 39.7 Å². The summed E-state index contributed by atoms with van der Waals surface area (Å²) >= 11 is 9.43. The van der Waals surface area contributed by atoms with Crippen molar-refractivity contribution in [2.45, 2.75) is 19.4 Å². The second-order valence-electron chi connectivity index (χ2n) is 4.46. The van der Waals surface area contributed by atoms with Crippen molar-refractivity contribution >= 4 is 27.5 Å². The first kappa shape index (κ1) is 14.5. The lowest BCUT2D eigenvalue weighted by Gasteiger charge is -2.13. The normalized spacial score (nSPS) is 12.5. The Balaban J connectivity index is 2.22. The maximum atomic E-state index is 13.2. The van der Waals surface area contributed by atoms with Crippen molar-refractivity contribution in [3.05, 3.63) is 68.4 Å². The minimum absolute atomic E-state index is 0.284. The lowest BCUT2D eigenvalue weighted by molar-refractivity contribution is 0.178. The summed E-state index contributed by atoms with van der Waals surface area (Å²) in [6, 6.07) is 9.82. The van der Waals surface area contributed by atoms with Gasteiger partial charge in [0.1, 0.15) is 5.82 Å². The molecule has 0 saturated carbocycles. The zero-order valence-corrected chi connectivity index (χ0v) is 12.7. The molecule has 4 heteroatoms. The van der Waals surface area contributed by atoms with E-state index in [0.29, 0.717) is 10.6 Å². The fraction of sp³-hybridized carbons (Fsp3) is 0.200. The van der Waals surface area contributed by atoms with Gasteiger partial charge in [0.15, 0.2) is 0 Å². The van der Waals surface area contributed by atoms with Gasteiger partial charge < -0.3 is 5.11 Å². The highest BCUT2D eigenvalue weighted by Gasteiger charge is 2.12. The molecule has 0 saturated heterocycles. The van der Waals surface area contributed by atoms with Crippen LogP contribution >= 0.6 is 27.5 Å². The van der Waals surface area contributed by atoms with Crippen LogP contribution in [0.1, 0.15) is 22.8 Å². The molecular weight excluding hydrogens is 331 g/mol. The number of rotatable bonds is 3. The van der Waals surface area contributed by atoms with Crippen LogP contribution in [0.25, 0.3) is 0 Å². The van der Waals surface area contributed by atoms with E-state index in [1.54, 1.807) is 0 Å². The Morgan fingerprint density at radius 3 is 2.68 bits per heavy atom. The van der Waals surface area contributed by atoms with E-state index in [4.69, 9.17) is 11.6 Å². The summed E-state index contributed by atoms with van der Waals surface area (Å²) in [6.07, 6.45) is -0.428. The molecule has 0 fully saturated rings. The molecule has 0 aromatic heterocycles. The summed E-state index contributed by atoms with van der Waals surface area (Å²) in [5.41, 5.74) is 2.48. The van der Waals surface area contributed by atoms with Crippen LogP contribution in [0.5, 0.6) is 0 Å². The Morgan fingerprint density at radius 2 is 2.00 bits per heavy atom. The maximum absolute atomic E-state index is 13.2. The number of aryl methyl sites for hydroxylation is 1. The minimum Gasteiger partial charge on any atom is -0.388 e. The van der Waals surface area contributed by atoms with Crippen molar-refractivity contribution in [1.82, 2.24) is 0 Å². The second-order valence-corrected chi connectivity index (χ2v) is 5.73. The highest BCUT2D eigenvalue weighted by Crippen LogP contribution is 2.27. The summed E-state index contributed by atoms with van der Waals surface area (Å²) in [5, 5.41) is 10.7. The molecule has 0 aliphatic carbocycles. The van der Waals surface area contributed by atoms with Gasteiger partial charge in [0.2, 0.25) is 0 Å². The molecule has 1 unspecified atom stereocenters. The van der Waals surface area contributed by atoms with Gasteiger partial charge in [-0.15, -0.1) is 0 Å². The van der Waals surface area contributed by atoms with E-state index in [9.17, 15) is 9.50 Å². The largest absolute Gasteiger partial charge is 0.388 e. The number of benzene rings is 2. The molecule has 1 nitrogen and oxygen atoms in total.